The van der Waals surface area contributed by atoms with E-state index in [9.17, 15) is 15.3 Å². The second-order valence-electron chi connectivity index (χ2n) is 7.74. The highest BCUT2D eigenvalue weighted by molar-refractivity contribution is 5.52. The first kappa shape index (κ1) is 19.1. The molecule has 0 aromatic heterocycles. The smallest absolute Gasteiger partial charge is 0.123 e. The van der Waals surface area contributed by atoms with Gasteiger partial charge in [-0.3, -0.25) is 0 Å². The number of aryl methyl sites for hydroxylation is 2. The van der Waals surface area contributed by atoms with Crippen molar-refractivity contribution in [2.45, 2.75) is 45.4 Å². The number of phenolic OH excluding ortho intramolecular Hbond substituents is 3. The summed E-state index contributed by atoms with van der Waals surface area (Å²) in [6.45, 7) is 8.23. The topological polar surface area (TPSA) is 60.7 Å². The van der Waals surface area contributed by atoms with Gasteiger partial charge in [-0.25, -0.2) is 0 Å². The summed E-state index contributed by atoms with van der Waals surface area (Å²) >= 11 is 0. The average Bonchev–Trinajstić information content (AvgIpc) is 2.60. The van der Waals surface area contributed by atoms with Crippen LogP contribution in [0.4, 0.5) is 0 Å². The standard InChI is InChI=1S/C24H28O3/c1-15(2)20-11-4-16(3)12-21(20)24-22(26)13-18(14-23(24)27)6-5-17-7-9-19(25)10-8-17/h7-10,12-14,20-21,25-27H,1,4-6,11H2,2-3H3/t20-,21+/m0/s1. The fourth-order valence-corrected chi connectivity index (χ4v) is 4.02. The van der Waals surface area contributed by atoms with Gasteiger partial charge in [-0.15, -0.1) is 0 Å². The highest BCUT2D eigenvalue weighted by Crippen LogP contribution is 2.46. The largest absolute Gasteiger partial charge is 0.508 e. The van der Waals surface area contributed by atoms with E-state index in [0.717, 1.165) is 36.0 Å². The first-order valence-electron chi connectivity index (χ1n) is 9.50. The quantitative estimate of drug-likeness (QED) is 0.605. The van der Waals surface area contributed by atoms with E-state index in [2.05, 4.69) is 19.6 Å². The molecule has 0 saturated heterocycles. The maximum Gasteiger partial charge on any atom is 0.123 e. The van der Waals surface area contributed by atoms with Gasteiger partial charge in [-0.05, 0) is 80.8 Å². The zero-order chi connectivity index (χ0) is 19.6. The highest BCUT2D eigenvalue weighted by atomic mass is 16.3. The van der Waals surface area contributed by atoms with Gasteiger partial charge in [-0.2, -0.15) is 0 Å². The lowest BCUT2D eigenvalue weighted by atomic mass is 9.73. The van der Waals surface area contributed by atoms with Crippen LogP contribution in [0.1, 0.15) is 49.3 Å². The van der Waals surface area contributed by atoms with Crippen molar-refractivity contribution in [3.63, 3.8) is 0 Å². The Morgan fingerprint density at radius 1 is 1.00 bits per heavy atom. The molecule has 0 bridgehead atoms. The van der Waals surface area contributed by atoms with E-state index in [-0.39, 0.29) is 29.1 Å². The van der Waals surface area contributed by atoms with Crippen LogP contribution in [-0.4, -0.2) is 15.3 Å². The molecule has 2 atom stereocenters. The van der Waals surface area contributed by atoms with Crippen molar-refractivity contribution in [1.29, 1.82) is 0 Å². The molecule has 0 aliphatic heterocycles. The van der Waals surface area contributed by atoms with Gasteiger partial charge in [0.1, 0.15) is 17.2 Å². The number of benzene rings is 2. The van der Waals surface area contributed by atoms with Crippen molar-refractivity contribution in [3.8, 4) is 17.2 Å². The summed E-state index contributed by atoms with van der Waals surface area (Å²) in [4.78, 5) is 0. The van der Waals surface area contributed by atoms with E-state index in [1.807, 2.05) is 19.1 Å². The second kappa shape index (κ2) is 7.91. The van der Waals surface area contributed by atoms with Gasteiger partial charge in [0.25, 0.3) is 0 Å². The first-order chi connectivity index (χ1) is 12.8. The molecule has 0 saturated carbocycles. The average molecular weight is 364 g/mol. The number of allylic oxidation sites excluding steroid dienone is 3. The Morgan fingerprint density at radius 3 is 2.19 bits per heavy atom. The Morgan fingerprint density at radius 2 is 1.59 bits per heavy atom. The van der Waals surface area contributed by atoms with Crippen molar-refractivity contribution in [2.24, 2.45) is 5.92 Å². The molecule has 27 heavy (non-hydrogen) atoms. The maximum absolute atomic E-state index is 10.7. The van der Waals surface area contributed by atoms with Crippen LogP contribution in [0.15, 0.2) is 60.2 Å². The fourth-order valence-electron chi connectivity index (χ4n) is 4.02. The summed E-state index contributed by atoms with van der Waals surface area (Å²) < 4.78 is 0. The van der Waals surface area contributed by atoms with E-state index < -0.39 is 0 Å². The summed E-state index contributed by atoms with van der Waals surface area (Å²) in [7, 11) is 0. The minimum Gasteiger partial charge on any atom is -0.508 e. The molecule has 0 amide bonds. The van der Waals surface area contributed by atoms with Crippen molar-refractivity contribution < 1.29 is 15.3 Å². The molecule has 1 aliphatic carbocycles. The third-order valence-electron chi connectivity index (χ3n) is 5.55. The molecule has 1 aliphatic rings. The molecule has 3 N–H and O–H groups in total. The lowest BCUT2D eigenvalue weighted by Crippen LogP contribution is -2.17. The van der Waals surface area contributed by atoms with Gasteiger partial charge in [0, 0.05) is 11.5 Å². The van der Waals surface area contributed by atoms with E-state index in [1.54, 1.807) is 24.3 Å². The maximum atomic E-state index is 10.7. The monoisotopic (exact) mass is 364 g/mol. The zero-order valence-corrected chi connectivity index (χ0v) is 16.1. The highest BCUT2D eigenvalue weighted by Gasteiger charge is 2.30. The molecule has 2 aromatic rings. The van der Waals surface area contributed by atoms with Gasteiger partial charge < -0.3 is 15.3 Å². The Bertz CT molecular complexity index is 839. The van der Waals surface area contributed by atoms with Crippen molar-refractivity contribution in [1.82, 2.24) is 0 Å². The molecular weight excluding hydrogens is 336 g/mol. The van der Waals surface area contributed by atoms with Crippen molar-refractivity contribution in [3.05, 3.63) is 76.9 Å². The van der Waals surface area contributed by atoms with Gasteiger partial charge in [-0.1, -0.05) is 35.9 Å². The molecule has 0 radical (unpaired) electrons. The van der Waals surface area contributed by atoms with E-state index >= 15 is 0 Å². The van der Waals surface area contributed by atoms with E-state index in [1.165, 1.54) is 5.57 Å². The third-order valence-corrected chi connectivity index (χ3v) is 5.55. The Kier molecular flexibility index (Phi) is 5.59. The fraction of sp³-hybridized carbons (Fsp3) is 0.333. The van der Waals surface area contributed by atoms with Crippen LogP contribution in [0.25, 0.3) is 0 Å². The minimum absolute atomic E-state index is 0.0394. The Labute approximate surface area is 161 Å². The summed E-state index contributed by atoms with van der Waals surface area (Å²) in [5.74, 6) is 0.743. The normalized spacial score (nSPS) is 19.6. The molecular formula is C24H28O3. The summed E-state index contributed by atoms with van der Waals surface area (Å²) in [6.07, 6.45) is 5.66. The van der Waals surface area contributed by atoms with Gasteiger partial charge in [0.15, 0.2) is 0 Å². The lowest BCUT2D eigenvalue weighted by molar-refractivity contribution is 0.406. The van der Waals surface area contributed by atoms with E-state index in [4.69, 9.17) is 0 Å². The second-order valence-corrected chi connectivity index (χ2v) is 7.74. The molecule has 0 spiro atoms. The number of hydrogen-bond acceptors (Lipinski definition) is 3. The van der Waals surface area contributed by atoms with Crippen LogP contribution >= 0.6 is 0 Å². The van der Waals surface area contributed by atoms with Gasteiger partial charge in [0.2, 0.25) is 0 Å². The third kappa shape index (κ3) is 4.36. The molecule has 3 nitrogen and oxygen atoms in total. The number of rotatable bonds is 5. The van der Waals surface area contributed by atoms with Crippen LogP contribution in [0, 0.1) is 5.92 Å². The number of aromatic hydroxyl groups is 3. The number of phenols is 3. The Balaban J connectivity index is 1.84. The number of hydrogen-bond donors (Lipinski definition) is 3. The van der Waals surface area contributed by atoms with Crippen molar-refractivity contribution in [2.75, 3.05) is 0 Å². The predicted octanol–water partition coefficient (Wildman–Crippen LogP) is 5.60. The minimum atomic E-state index is -0.0394. The SMILES string of the molecule is C=C(C)[C@@H]1CCC(C)=C[C@H]1c1c(O)cc(CCc2ccc(O)cc2)cc1O. The lowest BCUT2D eigenvalue weighted by Gasteiger charge is -2.31. The van der Waals surface area contributed by atoms with Gasteiger partial charge >= 0.3 is 0 Å². The molecule has 0 heterocycles. The van der Waals surface area contributed by atoms with Crippen LogP contribution in [0.3, 0.4) is 0 Å². The van der Waals surface area contributed by atoms with Crippen LogP contribution < -0.4 is 0 Å². The van der Waals surface area contributed by atoms with Crippen LogP contribution in [0.2, 0.25) is 0 Å². The Hall–Kier alpha value is -2.68. The first-order valence-corrected chi connectivity index (χ1v) is 9.50. The van der Waals surface area contributed by atoms with Crippen molar-refractivity contribution >= 4 is 0 Å². The summed E-state index contributed by atoms with van der Waals surface area (Å²) in [5, 5.41) is 30.8. The van der Waals surface area contributed by atoms with Gasteiger partial charge in [0.05, 0.1) is 0 Å². The van der Waals surface area contributed by atoms with Crippen LogP contribution in [-0.2, 0) is 12.8 Å². The molecule has 0 fully saturated rings. The zero-order valence-electron chi connectivity index (χ0n) is 16.1. The molecule has 3 heteroatoms. The summed E-state index contributed by atoms with van der Waals surface area (Å²) in [5.41, 5.74) is 4.97. The van der Waals surface area contributed by atoms with Crippen LogP contribution in [0.5, 0.6) is 17.2 Å². The summed E-state index contributed by atoms with van der Waals surface area (Å²) in [6, 6.07) is 10.6. The molecule has 0 unspecified atom stereocenters. The molecule has 3 rings (SSSR count). The predicted molar refractivity (Wildman–Crippen MR) is 109 cm³/mol. The van der Waals surface area contributed by atoms with E-state index in [0.29, 0.717) is 12.0 Å². The molecule has 2 aromatic carbocycles. The molecule has 142 valence electrons.